The molecule has 4 nitrogen and oxygen atoms in total. The highest BCUT2D eigenvalue weighted by atomic mass is 16.4. The lowest BCUT2D eigenvalue weighted by Crippen LogP contribution is -2.43. The van der Waals surface area contributed by atoms with Crippen molar-refractivity contribution in [1.82, 2.24) is 4.90 Å². The van der Waals surface area contributed by atoms with Crippen LogP contribution < -0.4 is 0 Å². The van der Waals surface area contributed by atoms with E-state index in [1.165, 1.54) is 5.56 Å². The second-order valence-electron chi connectivity index (χ2n) is 6.50. The first-order valence-corrected chi connectivity index (χ1v) is 8.39. The number of hydrogen-bond donors (Lipinski definition) is 2. The second-order valence-corrected chi connectivity index (χ2v) is 6.50. The first-order chi connectivity index (χ1) is 11.6. The molecule has 1 heterocycles. The molecule has 4 heteroatoms. The molecule has 1 aliphatic rings. The molecule has 3 rings (SSSR count). The summed E-state index contributed by atoms with van der Waals surface area (Å²) in [6.07, 6.45) is 1.28. The fourth-order valence-corrected chi connectivity index (χ4v) is 3.46. The summed E-state index contributed by atoms with van der Waals surface area (Å²) in [5.41, 5.74) is 2.43. The van der Waals surface area contributed by atoms with Gasteiger partial charge in [0.1, 0.15) is 0 Å². The van der Waals surface area contributed by atoms with Crippen LogP contribution in [-0.4, -0.2) is 40.3 Å². The van der Waals surface area contributed by atoms with Crippen LogP contribution in [0.5, 0.6) is 0 Å². The van der Waals surface area contributed by atoms with Gasteiger partial charge < -0.3 is 10.2 Å². The Hall–Kier alpha value is -2.17. The van der Waals surface area contributed by atoms with Crippen molar-refractivity contribution in [2.45, 2.75) is 25.5 Å². The molecular formula is C20H23NO3. The zero-order valence-corrected chi connectivity index (χ0v) is 13.6. The maximum absolute atomic E-state index is 11.4. The first kappa shape index (κ1) is 16.7. The number of piperidine rings is 1. The molecule has 24 heavy (non-hydrogen) atoms. The molecule has 0 radical (unpaired) electrons. The fraction of sp³-hybridized carbons (Fsp3) is 0.350. The summed E-state index contributed by atoms with van der Waals surface area (Å²) in [5.74, 6) is -0.707. The average molecular weight is 325 g/mol. The summed E-state index contributed by atoms with van der Waals surface area (Å²) in [4.78, 5) is 13.6. The van der Waals surface area contributed by atoms with E-state index >= 15 is 0 Å². The number of aliphatic hydroxyl groups excluding tert-OH is 1. The maximum Gasteiger partial charge on any atom is 0.336 e. The minimum absolute atomic E-state index is 0.179. The lowest BCUT2D eigenvalue weighted by Gasteiger charge is -2.36. The lowest BCUT2D eigenvalue weighted by atomic mass is 9.88. The molecule has 2 atom stereocenters. The van der Waals surface area contributed by atoms with Gasteiger partial charge in [-0.25, -0.2) is 4.79 Å². The van der Waals surface area contributed by atoms with E-state index in [2.05, 4.69) is 17.0 Å². The van der Waals surface area contributed by atoms with Crippen molar-refractivity contribution >= 4 is 5.97 Å². The van der Waals surface area contributed by atoms with Gasteiger partial charge in [-0.3, -0.25) is 4.90 Å². The van der Waals surface area contributed by atoms with Crippen LogP contribution in [0.4, 0.5) is 0 Å². The normalized spacial score (nSPS) is 21.5. The van der Waals surface area contributed by atoms with Gasteiger partial charge in [-0.2, -0.15) is 0 Å². The van der Waals surface area contributed by atoms with Crippen molar-refractivity contribution in [2.75, 3.05) is 13.1 Å². The predicted octanol–water partition coefficient (Wildman–Crippen LogP) is 2.81. The molecule has 0 bridgehead atoms. The molecule has 1 saturated heterocycles. The van der Waals surface area contributed by atoms with E-state index in [1.54, 1.807) is 12.1 Å². The highest BCUT2D eigenvalue weighted by Crippen LogP contribution is 2.23. The van der Waals surface area contributed by atoms with Gasteiger partial charge in [0, 0.05) is 25.6 Å². The quantitative estimate of drug-likeness (QED) is 0.887. The average Bonchev–Trinajstić information content (AvgIpc) is 2.59. The molecule has 0 aliphatic carbocycles. The number of aromatic carboxylic acids is 1. The Balaban J connectivity index is 1.68. The monoisotopic (exact) mass is 325 g/mol. The number of hydrogen-bond acceptors (Lipinski definition) is 3. The van der Waals surface area contributed by atoms with Crippen LogP contribution in [-0.2, 0) is 13.0 Å². The largest absolute Gasteiger partial charge is 0.478 e. The van der Waals surface area contributed by atoms with Crippen LogP contribution in [0.25, 0.3) is 0 Å². The first-order valence-electron chi connectivity index (χ1n) is 8.39. The van der Waals surface area contributed by atoms with Crippen molar-refractivity contribution < 1.29 is 15.0 Å². The smallest absolute Gasteiger partial charge is 0.336 e. The third-order valence-electron chi connectivity index (χ3n) is 4.76. The van der Waals surface area contributed by atoms with Gasteiger partial charge in [0.2, 0.25) is 0 Å². The van der Waals surface area contributed by atoms with E-state index in [0.717, 1.165) is 31.5 Å². The van der Waals surface area contributed by atoms with Gasteiger partial charge in [0.05, 0.1) is 11.7 Å². The molecule has 0 saturated carbocycles. The lowest BCUT2D eigenvalue weighted by molar-refractivity contribution is 0.0237. The molecule has 2 aromatic carbocycles. The number of nitrogens with zero attached hydrogens (tertiary/aromatic N) is 1. The van der Waals surface area contributed by atoms with Crippen molar-refractivity contribution in [3.05, 3.63) is 71.3 Å². The summed E-state index contributed by atoms with van der Waals surface area (Å²) in [5, 5.41) is 19.7. The molecule has 126 valence electrons. The molecule has 2 N–H and O–H groups in total. The maximum atomic E-state index is 11.4. The van der Waals surface area contributed by atoms with Crippen molar-refractivity contribution in [1.29, 1.82) is 0 Å². The van der Waals surface area contributed by atoms with Gasteiger partial charge in [-0.1, -0.05) is 48.5 Å². The van der Waals surface area contributed by atoms with Crippen LogP contribution in [0, 0.1) is 5.92 Å². The Kier molecular flexibility index (Phi) is 5.28. The summed E-state index contributed by atoms with van der Waals surface area (Å²) in [6, 6.07) is 17.4. The van der Waals surface area contributed by atoms with Crippen LogP contribution >= 0.6 is 0 Å². The van der Waals surface area contributed by atoms with Crippen molar-refractivity contribution in [2.24, 2.45) is 5.92 Å². The Morgan fingerprint density at radius 2 is 1.79 bits per heavy atom. The number of rotatable bonds is 5. The molecule has 1 fully saturated rings. The molecular weight excluding hydrogens is 302 g/mol. The van der Waals surface area contributed by atoms with Crippen molar-refractivity contribution in [3.63, 3.8) is 0 Å². The molecule has 2 aromatic rings. The minimum Gasteiger partial charge on any atom is -0.478 e. The van der Waals surface area contributed by atoms with E-state index in [4.69, 9.17) is 0 Å². The summed E-state index contributed by atoms with van der Waals surface area (Å²) in [6.45, 7) is 2.19. The summed E-state index contributed by atoms with van der Waals surface area (Å²) < 4.78 is 0. The third kappa shape index (κ3) is 4.02. The second kappa shape index (κ2) is 7.60. The number of aliphatic hydroxyl groups is 1. The summed E-state index contributed by atoms with van der Waals surface area (Å²) >= 11 is 0. The minimum atomic E-state index is -0.886. The topological polar surface area (TPSA) is 60.8 Å². The zero-order chi connectivity index (χ0) is 16.9. The van der Waals surface area contributed by atoms with Gasteiger partial charge in [-0.05, 0) is 30.0 Å². The molecule has 0 amide bonds. The van der Waals surface area contributed by atoms with Gasteiger partial charge >= 0.3 is 5.97 Å². The van der Waals surface area contributed by atoms with Gasteiger partial charge in [-0.15, -0.1) is 0 Å². The number of likely N-dealkylation sites (tertiary alicyclic amines) is 1. The van der Waals surface area contributed by atoms with Crippen LogP contribution in [0.2, 0.25) is 0 Å². The molecule has 1 aliphatic heterocycles. The number of carboxylic acid groups (broad SMARTS) is 1. The third-order valence-corrected chi connectivity index (χ3v) is 4.76. The Labute approximate surface area is 142 Å². The van der Waals surface area contributed by atoms with Crippen molar-refractivity contribution in [3.8, 4) is 0 Å². The fourth-order valence-electron chi connectivity index (χ4n) is 3.46. The Morgan fingerprint density at radius 3 is 2.54 bits per heavy atom. The SMILES string of the molecule is O=C(O)c1ccccc1CN1CC[C@@H](O)[C@H](Cc2ccccc2)C1. The van der Waals surface area contributed by atoms with Gasteiger partial charge in [0.15, 0.2) is 0 Å². The summed E-state index contributed by atoms with van der Waals surface area (Å²) in [7, 11) is 0. The molecule has 0 aromatic heterocycles. The number of carbonyl (C=O) groups is 1. The highest BCUT2D eigenvalue weighted by molar-refractivity contribution is 5.89. The number of carboxylic acids is 1. The van der Waals surface area contributed by atoms with Crippen LogP contribution in [0.3, 0.4) is 0 Å². The van der Waals surface area contributed by atoms with Gasteiger partial charge in [0.25, 0.3) is 0 Å². The Morgan fingerprint density at radius 1 is 1.08 bits per heavy atom. The van der Waals surface area contributed by atoms with E-state index in [9.17, 15) is 15.0 Å². The van der Waals surface area contributed by atoms with Crippen LogP contribution in [0.1, 0.15) is 27.9 Å². The number of benzene rings is 2. The van der Waals surface area contributed by atoms with Crippen LogP contribution in [0.15, 0.2) is 54.6 Å². The predicted molar refractivity (Wildman–Crippen MR) is 92.9 cm³/mol. The van der Waals surface area contributed by atoms with E-state index in [-0.39, 0.29) is 12.0 Å². The molecule has 0 unspecified atom stereocenters. The standard InChI is InChI=1S/C20H23NO3/c22-19-10-11-21(13-16-8-4-5-9-18(16)20(23)24)14-17(19)12-15-6-2-1-3-7-15/h1-9,17,19,22H,10-14H2,(H,23,24)/t17-,19-/m1/s1. The highest BCUT2D eigenvalue weighted by Gasteiger charge is 2.28. The van der Waals surface area contributed by atoms with E-state index in [1.807, 2.05) is 30.3 Å². The van der Waals surface area contributed by atoms with E-state index < -0.39 is 5.97 Å². The Bertz CT molecular complexity index is 686. The van der Waals surface area contributed by atoms with E-state index in [0.29, 0.717) is 12.1 Å². The molecule has 0 spiro atoms. The zero-order valence-electron chi connectivity index (χ0n) is 13.6.